The van der Waals surface area contributed by atoms with Crippen LogP contribution in [0.4, 0.5) is 5.69 Å². The van der Waals surface area contributed by atoms with Crippen LogP contribution in [0.3, 0.4) is 0 Å². The number of aryl methyl sites for hydroxylation is 1. The Hall–Kier alpha value is -1.93. The second-order valence-electron chi connectivity index (χ2n) is 6.67. The molecule has 1 saturated heterocycles. The maximum atomic E-state index is 13.0. The fourth-order valence-corrected chi connectivity index (χ4v) is 5.05. The molecular weight excluding hydrogens is 356 g/mol. The molecule has 1 N–H and O–H groups in total. The number of anilines is 1. The van der Waals surface area contributed by atoms with Crippen LogP contribution in [0.5, 0.6) is 0 Å². The van der Waals surface area contributed by atoms with E-state index in [1.807, 2.05) is 0 Å². The summed E-state index contributed by atoms with van der Waals surface area (Å²) in [5.74, 6) is -0.803. The van der Waals surface area contributed by atoms with Crippen molar-refractivity contribution < 1.29 is 22.7 Å². The number of hydrogen-bond donors (Lipinski definition) is 1. The van der Waals surface area contributed by atoms with Crippen molar-refractivity contribution in [1.82, 2.24) is 4.31 Å². The van der Waals surface area contributed by atoms with Crippen molar-refractivity contribution in [2.45, 2.75) is 43.9 Å². The lowest BCUT2D eigenvalue weighted by Gasteiger charge is -2.30. The summed E-state index contributed by atoms with van der Waals surface area (Å²) in [5, 5.41) is 2.81. The van der Waals surface area contributed by atoms with Crippen molar-refractivity contribution in [2.75, 3.05) is 25.0 Å². The minimum absolute atomic E-state index is 0.0485. The first-order valence-corrected chi connectivity index (χ1v) is 10.5. The number of rotatable bonds is 4. The van der Waals surface area contributed by atoms with Gasteiger partial charge in [0.25, 0.3) is 0 Å². The van der Waals surface area contributed by atoms with Gasteiger partial charge in [0, 0.05) is 25.2 Å². The third-order valence-corrected chi connectivity index (χ3v) is 6.70. The van der Waals surface area contributed by atoms with Crippen LogP contribution in [0, 0.1) is 5.92 Å². The van der Waals surface area contributed by atoms with Crippen LogP contribution in [-0.2, 0) is 30.8 Å². The van der Waals surface area contributed by atoms with E-state index in [1.165, 1.54) is 10.4 Å². The minimum Gasteiger partial charge on any atom is -0.466 e. The molecule has 3 rings (SSSR count). The molecule has 142 valence electrons. The van der Waals surface area contributed by atoms with Gasteiger partial charge >= 0.3 is 5.97 Å². The summed E-state index contributed by atoms with van der Waals surface area (Å²) in [6.45, 7) is 2.57. The Morgan fingerprint density at radius 1 is 1.31 bits per heavy atom. The Kier molecular flexibility index (Phi) is 5.62. The molecule has 26 heavy (non-hydrogen) atoms. The number of nitrogens with one attached hydrogen (secondary N) is 1. The number of nitrogens with zero attached hydrogens (tertiary/aromatic N) is 1. The Morgan fingerprint density at radius 3 is 2.88 bits per heavy atom. The summed E-state index contributed by atoms with van der Waals surface area (Å²) in [5.41, 5.74) is 1.50. The molecule has 1 amide bonds. The molecule has 0 aromatic heterocycles. The minimum atomic E-state index is -3.69. The van der Waals surface area contributed by atoms with E-state index >= 15 is 0 Å². The highest BCUT2D eigenvalue weighted by Gasteiger charge is 2.34. The zero-order valence-corrected chi connectivity index (χ0v) is 15.7. The molecule has 8 heteroatoms. The predicted octanol–water partition coefficient (Wildman–Crippen LogP) is 1.93. The van der Waals surface area contributed by atoms with Gasteiger partial charge in [0.05, 0.1) is 17.4 Å². The normalized spacial score (nSPS) is 21.4. The van der Waals surface area contributed by atoms with Crippen molar-refractivity contribution in [3.05, 3.63) is 23.8 Å². The second kappa shape index (κ2) is 7.75. The molecular formula is C18H24N2O5S. The zero-order chi connectivity index (χ0) is 18.7. The molecule has 0 saturated carbocycles. The van der Waals surface area contributed by atoms with Crippen LogP contribution in [0.25, 0.3) is 0 Å². The topological polar surface area (TPSA) is 92.8 Å². The molecule has 0 spiro atoms. The van der Waals surface area contributed by atoms with E-state index in [2.05, 4.69) is 5.32 Å². The fraction of sp³-hybridized carbons (Fsp3) is 0.556. The molecule has 1 aromatic carbocycles. The number of sulfonamides is 1. The fourth-order valence-electron chi connectivity index (χ4n) is 3.47. The van der Waals surface area contributed by atoms with E-state index in [1.54, 1.807) is 19.1 Å². The van der Waals surface area contributed by atoms with Crippen molar-refractivity contribution >= 4 is 27.6 Å². The van der Waals surface area contributed by atoms with Gasteiger partial charge in [-0.15, -0.1) is 0 Å². The number of benzene rings is 1. The number of hydrogen-bond acceptors (Lipinski definition) is 5. The third-order valence-electron chi connectivity index (χ3n) is 4.84. The van der Waals surface area contributed by atoms with Gasteiger partial charge in [-0.05, 0) is 56.4 Å². The number of esters is 1. The first-order chi connectivity index (χ1) is 12.4. The Bertz CT molecular complexity index is 806. The molecule has 7 nitrogen and oxygen atoms in total. The summed E-state index contributed by atoms with van der Waals surface area (Å²) in [6.07, 6.45) is 3.05. The van der Waals surface area contributed by atoms with Crippen LogP contribution in [0.1, 0.15) is 38.2 Å². The highest BCUT2D eigenvalue weighted by atomic mass is 32.2. The largest absolute Gasteiger partial charge is 0.466 e. The Balaban J connectivity index is 1.82. The van der Waals surface area contributed by atoms with Crippen molar-refractivity contribution in [3.63, 3.8) is 0 Å². The quantitative estimate of drug-likeness (QED) is 0.806. The van der Waals surface area contributed by atoms with Gasteiger partial charge in [-0.2, -0.15) is 4.31 Å². The van der Waals surface area contributed by atoms with E-state index in [0.29, 0.717) is 50.9 Å². The summed E-state index contributed by atoms with van der Waals surface area (Å²) < 4.78 is 32.5. The zero-order valence-electron chi connectivity index (χ0n) is 14.9. The summed E-state index contributed by atoms with van der Waals surface area (Å²) in [7, 11) is -3.69. The van der Waals surface area contributed by atoms with Crippen molar-refractivity contribution in [2.24, 2.45) is 5.92 Å². The van der Waals surface area contributed by atoms with Gasteiger partial charge in [0.15, 0.2) is 0 Å². The van der Waals surface area contributed by atoms with Gasteiger partial charge < -0.3 is 10.1 Å². The van der Waals surface area contributed by atoms with E-state index < -0.39 is 15.9 Å². The maximum Gasteiger partial charge on any atom is 0.310 e. The molecule has 1 aromatic rings. The first-order valence-electron chi connectivity index (χ1n) is 9.01. The highest BCUT2D eigenvalue weighted by Crippen LogP contribution is 2.29. The van der Waals surface area contributed by atoms with E-state index in [4.69, 9.17) is 4.74 Å². The van der Waals surface area contributed by atoms with Crippen LogP contribution in [0.2, 0.25) is 0 Å². The SMILES string of the molecule is CCOC(=O)C1CCCN(S(=O)(=O)c2ccc3c(c2)CCCC(=O)N3)C1. The van der Waals surface area contributed by atoms with E-state index in [0.717, 1.165) is 5.56 Å². The van der Waals surface area contributed by atoms with Crippen LogP contribution >= 0.6 is 0 Å². The van der Waals surface area contributed by atoms with E-state index in [9.17, 15) is 18.0 Å². The molecule has 0 aliphatic carbocycles. The maximum absolute atomic E-state index is 13.0. The molecule has 2 aliphatic heterocycles. The number of ether oxygens (including phenoxy) is 1. The first kappa shape index (κ1) is 18.8. The summed E-state index contributed by atoms with van der Waals surface area (Å²) in [6, 6.07) is 4.82. The Labute approximate surface area is 153 Å². The lowest BCUT2D eigenvalue weighted by atomic mass is 10.0. The van der Waals surface area contributed by atoms with Crippen LogP contribution < -0.4 is 5.32 Å². The lowest BCUT2D eigenvalue weighted by molar-refractivity contribution is -0.149. The van der Waals surface area contributed by atoms with Gasteiger partial charge in [-0.3, -0.25) is 9.59 Å². The summed E-state index contributed by atoms with van der Waals surface area (Å²) >= 11 is 0. The molecule has 2 aliphatic rings. The average Bonchev–Trinajstić information content (AvgIpc) is 2.82. The number of carbonyl (C=O) groups is 2. The summed E-state index contributed by atoms with van der Waals surface area (Å²) in [4.78, 5) is 23.8. The third kappa shape index (κ3) is 3.91. The number of amides is 1. The highest BCUT2D eigenvalue weighted by molar-refractivity contribution is 7.89. The van der Waals surface area contributed by atoms with Gasteiger partial charge in [0.2, 0.25) is 15.9 Å². The van der Waals surface area contributed by atoms with Crippen LogP contribution in [0.15, 0.2) is 23.1 Å². The van der Waals surface area contributed by atoms with Crippen molar-refractivity contribution in [1.29, 1.82) is 0 Å². The standard InChI is InChI=1S/C18H24N2O5S/c1-2-25-18(22)14-6-4-10-20(12-14)26(23,24)15-8-9-16-13(11-15)5-3-7-17(21)19-16/h8-9,11,14H,2-7,10,12H2,1H3,(H,19,21). The van der Waals surface area contributed by atoms with Gasteiger partial charge in [-0.1, -0.05) is 0 Å². The van der Waals surface area contributed by atoms with E-state index in [-0.39, 0.29) is 23.3 Å². The number of piperidine rings is 1. The molecule has 1 fully saturated rings. The second-order valence-corrected chi connectivity index (χ2v) is 8.61. The Morgan fingerprint density at radius 2 is 2.12 bits per heavy atom. The lowest BCUT2D eigenvalue weighted by Crippen LogP contribution is -2.42. The van der Waals surface area contributed by atoms with Crippen molar-refractivity contribution in [3.8, 4) is 0 Å². The molecule has 0 bridgehead atoms. The monoisotopic (exact) mass is 380 g/mol. The molecule has 1 atom stereocenters. The van der Waals surface area contributed by atoms with Gasteiger partial charge in [-0.25, -0.2) is 8.42 Å². The smallest absolute Gasteiger partial charge is 0.310 e. The molecule has 1 unspecified atom stereocenters. The predicted molar refractivity (Wildman–Crippen MR) is 96.1 cm³/mol. The number of fused-ring (bicyclic) bond motifs is 1. The average molecular weight is 380 g/mol. The van der Waals surface area contributed by atoms with Crippen LogP contribution in [-0.4, -0.2) is 44.3 Å². The van der Waals surface area contributed by atoms with Gasteiger partial charge in [0.1, 0.15) is 0 Å². The molecule has 0 radical (unpaired) electrons. The molecule has 2 heterocycles. The number of carbonyl (C=O) groups excluding carboxylic acids is 2.